The van der Waals surface area contributed by atoms with Gasteiger partial charge in [-0.3, -0.25) is 4.79 Å². The molecule has 2 rings (SSSR count). The molecule has 0 saturated carbocycles. The highest BCUT2D eigenvalue weighted by Gasteiger charge is 2.14. The van der Waals surface area contributed by atoms with Crippen LogP contribution in [0.5, 0.6) is 0 Å². The maximum absolute atomic E-state index is 11.8. The first-order valence-electron chi connectivity index (χ1n) is 5.54. The van der Waals surface area contributed by atoms with Crippen molar-refractivity contribution >= 4 is 17.6 Å². The Labute approximate surface area is 108 Å². The Bertz CT molecular complexity index is 621. The Morgan fingerprint density at radius 2 is 2.21 bits per heavy atom. The number of amides is 1. The van der Waals surface area contributed by atoms with Gasteiger partial charge in [-0.15, -0.1) is 5.10 Å². The van der Waals surface area contributed by atoms with Gasteiger partial charge in [-0.1, -0.05) is 17.3 Å². The standard InChI is InChI=1S/C12H12N4O3/c1-8-3-2-4-9(5-8)14-11(17)7-16-10(12(18)19)6-13-15-16/h2-6H,7H2,1H3,(H,14,17)(H,18,19). The SMILES string of the molecule is Cc1cccc(NC(=O)Cn2nncc2C(=O)O)c1. The lowest BCUT2D eigenvalue weighted by molar-refractivity contribution is -0.116. The van der Waals surface area contributed by atoms with Crippen molar-refractivity contribution in [3.8, 4) is 0 Å². The van der Waals surface area contributed by atoms with Crippen molar-refractivity contribution in [2.24, 2.45) is 0 Å². The van der Waals surface area contributed by atoms with E-state index in [4.69, 9.17) is 5.11 Å². The number of nitrogens with zero attached hydrogens (tertiary/aromatic N) is 3. The van der Waals surface area contributed by atoms with Crippen LogP contribution in [0.2, 0.25) is 0 Å². The zero-order valence-corrected chi connectivity index (χ0v) is 10.2. The predicted octanol–water partition coefficient (Wildman–Crippen LogP) is 0.923. The molecule has 19 heavy (non-hydrogen) atoms. The summed E-state index contributed by atoms with van der Waals surface area (Å²) in [5, 5.41) is 18.6. The molecule has 98 valence electrons. The van der Waals surface area contributed by atoms with Crippen LogP contribution in [0.4, 0.5) is 5.69 Å². The van der Waals surface area contributed by atoms with Crippen molar-refractivity contribution in [3.63, 3.8) is 0 Å². The third kappa shape index (κ3) is 3.15. The molecule has 0 radical (unpaired) electrons. The molecule has 7 nitrogen and oxygen atoms in total. The summed E-state index contributed by atoms with van der Waals surface area (Å²) in [5.74, 6) is -1.54. The summed E-state index contributed by atoms with van der Waals surface area (Å²) < 4.78 is 1.04. The van der Waals surface area contributed by atoms with Crippen molar-refractivity contribution < 1.29 is 14.7 Å². The number of rotatable bonds is 4. The highest BCUT2D eigenvalue weighted by atomic mass is 16.4. The predicted molar refractivity (Wildman–Crippen MR) is 66.8 cm³/mol. The number of benzene rings is 1. The number of aryl methyl sites for hydroxylation is 1. The highest BCUT2D eigenvalue weighted by molar-refractivity contribution is 5.91. The summed E-state index contributed by atoms with van der Waals surface area (Å²) in [6.45, 7) is 1.71. The van der Waals surface area contributed by atoms with Gasteiger partial charge in [0.1, 0.15) is 6.54 Å². The van der Waals surface area contributed by atoms with Gasteiger partial charge in [0, 0.05) is 5.69 Å². The number of carboxylic acids is 1. The molecule has 0 spiro atoms. The number of carboxylic acid groups (broad SMARTS) is 1. The number of nitrogens with one attached hydrogen (secondary N) is 1. The molecule has 1 amide bonds. The van der Waals surface area contributed by atoms with Crippen LogP contribution < -0.4 is 5.32 Å². The summed E-state index contributed by atoms with van der Waals surface area (Å²) in [6, 6.07) is 7.31. The number of carbonyl (C=O) groups is 2. The molecular weight excluding hydrogens is 248 g/mol. The Balaban J connectivity index is 2.05. The second kappa shape index (κ2) is 5.30. The zero-order valence-electron chi connectivity index (χ0n) is 10.2. The Kier molecular flexibility index (Phi) is 3.56. The van der Waals surface area contributed by atoms with Crippen molar-refractivity contribution in [2.75, 3.05) is 5.32 Å². The van der Waals surface area contributed by atoms with Gasteiger partial charge < -0.3 is 10.4 Å². The maximum atomic E-state index is 11.8. The molecular formula is C12H12N4O3. The maximum Gasteiger partial charge on any atom is 0.355 e. The second-order valence-electron chi connectivity index (χ2n) is 4.00. The van der Waals surface area contributed by atoms with Gasteiger partial charge in [-0.25, -0.2) is 9.48 Å². The van der Waals surface area contributed by atoms with Crippen LogP contribution in [0, 0.1) is 6.92 Å². The van der Waals surface area contributed by atoms with Crippen LogP contribution in [0.15, 0.2) is 30.5 Å². The summed E-state index contributed by atoms with van der Waals surface area (Å²) >= 11 is 0. The average molecular weight is 260 g/mol. The summed E-state index contributed by atoms with van der Waals surface area (Å²) in [5.41, 5.74) is 1.55. The van der Waals surface area contributed by atoms with E-state index in [1.807, 2.05) is 25.1 Å². The lowest BCUT2D eigenvalue weighted by Crippen LogP contribution is -2.22. The van der Waals surface area contributed by atoms with E-state index < -0.39 is 5.97 Å². The minimum atomic E-state index is -1.17. The monoisotopic (exact) mass is 260 g/mol. The van der Waals surface area contributed by atoms with Crippen LogP contribution in [0.1, 0.15) is 16.1 Å². The molecule has 1 aromatic heterocycles. The van der Waals surface area contributed by atoms with Gasteiger partial charge in [0.25, 0.3) is 0 Å². The minimum absolute atomic E-state index is 0.126. The van der Waals surface area contributed by atoms with Crippen molar-refractivity contribution in [3.05, 3.63) is 41.7 Å². The average Bonchev–Trinajstić information content (AvgIpc) is 2.76. The van der Waals surface area contributed by atoms with Gasteiger partial charge in [-0.2, -0.15) is 0 Å². The van der Waals surface area contributed by atoms with E-state index in [1.165, 1.54) is 0 Å². The minimum Gasteiger partial charge on any atom is -0.476 e. The van der Waals surface area contributed by atoms with Crippen LogP contribution >= 0.6 is 0 Å². The first-order chi connectivity index (χ1) is 9.06. The third-order valence-corrected chi connectivity index (χ3v) is 2.43. The van der Waals surface area contributed by atoms with Crippen LogP contribution in [-0.2, 0) is 11.3 Å². The largest absolute Gasteiger partial charge is 0.476 e. The van der Waals surface area contributed by atoms with E-state index in [-0.39, 0.29) is 18.1 Å². The van der Waals surface area contributed by atoms with Gasteiger partial charge in [0.15, 0.2) is 5.69 Å². The lowest BCUT2D eigenvalue weighted by Gasteiger charge is -2.06. The smallest absolute Gasteiger partial charge is 0.355 e. The molecule has 0 aliphatic carbocycles. The molecule has 2 aromatic rings. The first kappa shape index (κ1) is 12.7. The molecule has 2 N–H and O–H groups in total. The summed E-state index contributed by atoms with van der Waals surface area (Å²) in [6.07, 6.45) is 1.10. The number of carbonyl (C=O) groups excluding carboxylic acids is 1. The molecule has 0 aliphatic rings. The van der Waals surface area contributed by atoms with Gasteiger partial charge in [0.2, 0.25) is 5.91 Å². The van der Waals surface area contributed by atoms with Gasteiger partial charge in [0.05, 0.1) is 6.20 Å². The molecule has 1 heterocycles. The summed E-state index contributed by atoms with van der Waals surface area (Å²) in [4.78, 5) is 22.6. The lowest BCUT2D eigenvalue weighted by atomic mass is 10.2. The Morgan fingerprint density at radius 3 is 2.89 bits per heavy atom. The highest BCUT2D eigenvalue weighted by Crippen LogP contribution is 2.09. The van der Waals surface area contributed by atoms with E-state index in [9.17, 15) is 9.59 Å². The molecule has 0 bridgehead atoms. The number of aromatic carboxylic acids is 1. The molecule has 0 fully saturated rings. The normalized spacial score (nSPS) is 10.2. The molecule has 1 aromatic carbocycles. The number of hydrogen-bond acceptors (Lipinski definition) is 4. The quantitative estimate of drug-likeness (QED) is 0.852. The Hall–Kier alpha value is -2.70. The van der Waals surface area contributed by atoms with E-state index >= 15 is 0 Å². The van der Waals surface area contributed by atoms with Crippen LogP contribution in [-0.4, -0.2) is 32.0 Å². The van der Waals surface area contributed by atoms with Crippen molar-refractivity contribution in [1.82, 2.24) is 15.0 Å². The topological polar surface area (TPSA) is 97.1 Å². The van der Waals surface area contributed by atoms with Crippen molar-refractivity contribution in [2.45, 2.75) is 13.5 Å². The number of aromatic nitrogens is 3. The second-order valence-corrected chi connectivity index (χ2v) is 4.00. The summed E-state index contributed by atoms with van der Waals surface area (Å²) in [7, 11) is 0. The van der Waals surface area contributed by atoms with Crippen LogP contribution in [0.3, 0.4) is 0 Å². The number of anilines is 1. The van der Waals surface area contributed by atoms with E-state index in [0.29, 0.717) is 5.69 Å². The Morgan fingerprint density at radius 1 is 1.42 bits per heavy atom. The van der Waals surface area contributed by atoms with E-state index in [2.05, 4.69) is 15.6 Å². The first-order valence-corrected chi connectivity index (χ1v) is 5.54. The fourth-order valence-corrected chi connectivity index (χ4v) is 1.60. The van der Waals surface area contributed by atoms with Gasteiger partial charge >= 0.3 is 5.97 Å². The molecule has 0 atom stereocenters. The van der Waals surface area contributed by atoms with Crippen molar-refractivity contribution in [1.29, 1.82) is 0 Å². The molecule has 0 unspecified atom stereocenters. The van der Waals surface area contributed by atoms with E-state index in [1.54, 1.807) is 6.07 Å². The number of hydrogen-bond donors (Lipinski definition) is 2. The fourth-order valence-electron chi connectivity index (χ4n) is 1.60. The zero-order chi connectivity index (χ0) is 13.8. The fraction of sp³-hybridized carbons (Fsp3) is 0.167. The van der Waals surface area contributed by atoms with E-state index in [0.717, 1.165) is 16.4 Å². The van der Waals surface area contributed by atoms with Gasteiger partial charge in [-0.05, 0) is 24.6 Å². The van der Waals surface area contributed by atoms with Crippen LogP contribution in [0.25, 0.3) is 0 Å². The molecule has 0 aliphatic heterocycles. The molecule has 0 saturated heterocycles. The third-order valence-electron chi connectivity index (χ3n) is 2.43. The molecule has 7 heteroatoms.